The van der Waals surface area contributed by atoms with Crippen molar-refractivity contribution in [3.05, 3.63) is 0 Å². The van der Waals surface area contributed by atoms with Gasteiger partial charge >= 0.3 is 12.0 Å². The summed E-state index contributed by atoms with van der Waals surface area (Å²) in [5, 5.41) is 16.6. The van der Waals surface area contributed by atoms with Gasteiger partial charge in [0.05, 0.1) is 0 Å². The first kappa shape index (κ1) is 15.2. The van der Waals surface area contributed by atoms with Gasteiger partial charge in [-0.1, -0.05) is 0 Å². The molecule has 0 radical (unpaired) electrons. The molecule has 19 heavy (non-hydrogen) atoms. The lowest BCUT2D eigenvalue weighted by Gasteiger charge is -2.24. The lowest BCUT2D eigenvalue weighted by Crippen LogP contribution is -2.53. The number of carbonyl (C=O) groups is 3. The van der Waals surface area contributed by atoms with E-state index in [-0.39, 0.29) is 25.0 Å². The third-order valence-corrected chi connectivity index (χ3v) is 2.81. The number of hydrogen-bond donors (Lipinski definition) is 4. The SMILES string of the molecule is COCCC(NC(=O)NC1CCC(=O)NC1)C(=O)O. The quantitative estimate of drug-likeness (QED) is 0.498. The molecule has 1 heterocycles. The fourth-order valence-electron chi connectivity index (χ4n) is 1.73. The van der Waals surface area contributed by atoms with Gasteiger partial charge in [0.1, 0.15) is 6.04 Å². The van der Waals surface area contributed by atoms with E-state index in [0.717, 1.165) is 0 Å². The minimum absolute atomic E-state index is 0.0398. The second-order valence-corrected chi connectivity index (χ2v) is 4.33. The fraction of sp³-hybridized carbons (Fsp3) is 0.727. The van der Waals surface area contributed by atoms with E-state index in [0.29, 0.717) is 19.4 Å². The summed E-state index contributed by atoms with van der Waals surface area (Å²) in [5.74, 6) is -1.15. The van der Waals surface area contributed by atoms with E-state index in [1.54, 1.807) is 0 Å². The van der Waals surface area contributed by atoms with Crippen LogP contribution >= 0.6 is 0 Å². The fourth-order valence-corrected chi connectivity index (χ4v) is 1.73. The van der Waals surface area contributed by atoms with Crippen molar-refractivity contribution in [2.75, 3.05) is 20.3 Å². The van der Waals surface area contributed by atoms with Gasteiger partial charge in [0, 0.05) is 39.1 Å². The van der Waals surface area contributed by atoms with E-state index in [1.165, 1.54) is 7.11 Å². The Kier molecular flexibility index (Phi) is 6.07. The molecule has 0 aromatic carbocycles. The molecule has 4 N–H and O–H groups in total. The lowest BCUT2D eigenvalue weighted by molar-refractivity contribution is -0.139. The maximum absolute atomic E-state index is 11.6. The monoisotopic (exact) mass is 273 g/mol. The van der Waals surface area contributed by atoms with Crippen LogP contribution in [0.2, 0.25) is 0 Å². The van der Waals surface area contributed by atoms with Gasteiger partial charge in [0.15, 0.2) is 0 Å². The molecule has 1 aliphatic heterocycles. The summed E-state index contributed by atoms with van der Waals surface area (Å²) in [6.07, 6.45) is 1.10. The predicted octanol–water partition coefficient (Wildman–Crippen LogP) is -0.946. The number of hydrogen-bond acceptors (Lipinski definition) is 4. The number of carboxylic acid groups (broad SMARTS) is 1. The minimum atomic E-state index is -1.11. The summed E-state index contributed by atoms with van der Waals surface area (Å²) in [4.78, 5) is 33.5. The number of carbonyl (C=O) groups excluding carboxylic acids is 2. The van der Waals surface area contributed by atoms with E-state index in [9.17, 15) is 14.4 Å². The van der Waals surface area contributed by atoms with Crippen LogP contribution in [0.3, 0.4) is 0 Å². The Balaban J connectivity index is 2.35. The van der Waals surface area contributed by atoms with Crippen LogP contribution < -0.4 is 16.0 Å². The highest BCUT2D eigenvalue weighted by molar-refractivity contribution is 5.83. The molecule has 0 bridgehead atoms. The van der Waals surface area contributed by atoms with Gasteiger partial charge in [0.2, 0.25) is 5.91 Å². The summed E-state index contributed by atoms with van der Waals surface area (Å²) in [5.41, 5.74) is 0. The smallest absolute Gasteiger partial charge is 0.326 e. The molecule has 0 aromatic rings. The standard InChI is InChI=1S/C11H19N3O5/c1-19-5-4-8(10(16)17)14-11(18)13-7-2-3-9(15)12-6-7/h7-8H,2-6H2,1H3,(H,12,15)(H,16,17)(H2,13,14,18). The number of ether oxygens (including phenoxy) is 1. The number of piperidine rings is 1. The zero-order valence-electron chi connectivity index (χ0n) is 10.8. The van der Waals surface area contributed by atoms with Gasteiger partial charge in [-0.05, 0) is 6.42 Å². The number of urea groups is 1. The summed E-state index contributed by atoms with van der Waals surface area (Å²) in [7, 11) is 1.46. The Bertz CT molecular complexity index is 337. The van der Waals surface area contributed by atoms with Crippen LogP contribution in [0.15, 0.2) is 0 Å². The van der Waals surface area contributed by atoms with Crippen LogP contribution in [-0.2, 0) is 14.3 Å². The Labute approximate surface area is 110 Å². The molecule has 108 valence electrons. The Morgan fingerprint density at radius 3 is 2.84 bits per heavy atom. The number of nitrogens with one attached hydrogen (secondary N) is 3. The minimum Gasteiger partial charge on any atom is -0.480 e. The molecule has 1 saturated heterocycles. The van der Waals surface area contributed by atoms with Crippen molar-refractivity contribution in [3.8, 4) is 0 Å². The molecule has 8 nitrogen and oxygen atoms in total. The molecular weight excluding hydrogens is 254 g/mol. The zero-order valence-corrected chi connectivity index (χ0v) is 10.8. The average Bonchev–Trinajstić information content (AvgIpc) is 2.37. The number of amides is 3. The predicted molar refractivity (Wildman–Crippen MR) is 65.6 cm³/mol. The topological polar surface area (TPSA) is 117 Å². The second-order valence-electron chi connectivity index (χ2n) is 4.33. The number of methoxy groups -OCH3 is 1. The molecule has 1 aliphatic rings. The van der Waals surface area contributed by atoms with Gasteiger partial charge in [-0.3, -0.25) is 4.79 Å². The van der Waals surface area contributed by atoms with Crippen LogP contribution in [0.4, 0.5) is 4.79 Å². The summed E-state index contributed by atoms with van der Waals surface area (Å²) < 4.78 is 4.78. The van der Waals surface area contributed by atoms with E-state index < -0.39 is 18.0 Å². The van der Waals surface area contributed by atoms with Crippen LogP contribution in [0.1, 0.15) is 19.3 Å². The van der Waals surface area contributed by atoms with Crippen LogP contribution in [0.5, 0.6) is 0 Å². The molecule has 0 aliphatic carbocycles. The van der Waals surface area contributed by atoms with Crippen molar-refractivity contribution in [1.29, 1.82) is 0 Å². The van der Waals surface area contributed by atoms with Crippen molar-refractivity contribution in [1.82, 2.24) is 16.0 Å². The highest BCUT2D eigenvalue weighted by atomic mass is 16.5. The first-order valence-electron chi connectivity index (χ1n) is 6.08. The first-order valence-corrected chi connectivity index (χ1v) is 6.08. The third-order valence-electron chi connectivity index (χ3n) is 2.81. The summed E-state index contributed by atoms with van der Waals surface area (Å²) in [6, 6.07) is -1.71. The van der Waals surface area contributed by atoms with Gasteiger partial charge in [-0.2, -0.15) is 0 Å². The van der Waals surface area contributed by atoms with Gasteiger partial charge in [-0.25, -0.2) is 9.59 Å². The Morgan fingerprint density at radius 1 is 1.58 bits per heavy atom. The highest BCUT2D eigenvalue weighted by Crippen LogP contribution is 2.02. The molecule has 3 amide bonds. The van der Waals surface area contributed by atoms with E-state index in [2.05, 4.69) is 16.0 Å². The van der Waals surface area contributed by atoms with Crippen molar-refractivity contribution < 1.29 is 24.2 Å². The maximum atomic E-state index is 11.6. The molecule has 1 rings (SSSR count). The highest BCUT2D eigenvalue weighted by Gasteiger charge is 2.23. The van der Waals surface area contributed by atoms with Gasteiger partial charge < -0.3 is 25.8 Å². The van der Waals surface area contributed by atoms with Crippen LogP contribution in [0, 0.1) is 0 Å². The van der Waals surface area contributed by atoms with Crippen molar-refractivity contribution in [2.24, 2.45) is 0 Å². The lowest BCUT2D eigenvalue weighted by atomic mass is 10.1. The van der Waals surface area contributed by atoms with Gasteiger partial charge in [-0.15, -0.1) is 0 Å². The molecule has 0 saturated carbocycles. The molecule has 0 spiro atoms. The second kappa shape index (κ2) is 7.57. The first-order chi connectivity index (χ1) is 9.02. The molecule has 8 heteroatoms. The summed E-state index contributed by atoms with van der Waals surface area (Å²) in [6.45, 7) is 0.610. The summed E-state index contributed by atoms with van der Waals surface area (Å²) >= 11 is 0. The molecular formula is C11H19N3O5. The number of rotatable bonds is 6. The molecule has 0 aromatic heterocycles. The average molecular weight is 273 g/mol. The largest absolute Gasteiger partial charge is 0.480 e. The van der Waals surface area contributed by atoms with Crippen molar-refractivity contribution in [3.63, 3.8) is 0 Å². The molecule has 2 unspecified atom stereocenters. The number of aliphatic carboxylic acids is 1. The van der Waals surface area contributed by atoms with Crippen LogP contribution in [-0.4, -0.2) is 55.4 Å². The number of carboxylic acids is 1. The van der Waals surface area contributed by atoms with Crippen molar-refractivity contribution >= 4 is 17.9 Å². The molecule has 1 fully saturated rings. The normalized spacial score (nSPS) is 20.3. The maximum Gasteiger partial charge on any atom is 0.326 e. The van der Waals surface area contributed by atoms with E-state index in [4.69, 9.17) is 9.84 Å². The Morgan fingerprint density at radius 2 is 2.32 bits per heavy atom. The van der Waals surface area contributed by atoms with Crippen molar-refractivity contribution in [2.45, 2.75) is 31.3 Å². The van der Waals surface area contributed by atoms with E-state index in [1.807, 2.05) is 0 Å². The molecule has 2 atom stereocenters. The third kappa shape index (κ3) is 5.56. The Hall–Kier alpha value is -1.83. The van der Waals surface area contributed by atoms with Crippen LogP contribution in [0.25, 0.3) is 0 Å². The zero-order chi connectivity index (χ0) is 14.3. The van der Waals surface area contributed by atoms with E-state index >= 15 is 0 Å². The van der Waals surface area contributed by atoms with Gasteiger partial charge in [0.25, 0.3) is 0 Å².